The van der Waals surface area contributed by atoms with Gasteiger partial charge in [-0.25, -0.2) is 4.68 Å². The van der Waals surface area contributed by atoms with E-state index in [0.717, 1.165) is 37.3 Å². The Bertz CT molecular complexity index is 728. The number of anilines is 1. The molecule has 3 rings (SSSR count). The van der Waals surface area contributed by atoms with Crippen LogP contribution >= 0.6 is 12.4 Å². The van der Waals surface area contributed by atoms with E-state index in [9.17, 15) is 0 Å². The van der Waals surface area contributed by atoms with Gasteiger partial charge in [0.25, 0.3) is 0 Å². The third-order valence-corrected chi connectivity index (χ3v) is 3.63. The Labute approximate surface area is 148 Å². The van der Waals surface area contributed by atoms with Crippen molar-refractivity contribution in [2.45, 2.75) is 19.4 Å². The van der Waals surface area contributed by atoms with Gasteiger partial charge >= 0.3 is 0 Å². The van der Waals surface area contributed by atoms with Crippen molar-refractivity contribution in [1.29, 1.82) is 0 Å². The normalized spacial score (nSPS) is 10.3. The Kier molecular flexibility index (Phi) is 6.78. The van der Waals surface area contributed by atoms with E-state index in [1.807, 2.05) is 48.7 Å². The average molecular weight is 344 g/mol. The van der Waals surface area contributed by atoms with Crippen molar-refractivity contribution < 1.29 is 0 Å². The first kappa shape index (κ1) is 18.0. The van der Waals surface area contributed by atoms with Gasteiger partial charge in [0.15, 0.2) is 0 Å². The van der Waals surface area contributed by atoms with Gasteiger partial charge in [0.2, 0.25) is 0 Å². The Morgan fingerprint density at radius 1 is 1.08 bits per heavy atom. The summed E-state index contributed by atoms with van der Waals surface area (Å²) in [5, 5.41) is 8.01. The lowest BCUT2D eigenvalue weighted by atomic mass is 10.2. The van der Waals surface area contributed by atoms with Crippen LogP contribution in [-0.4, -0.2) is 21.3 Å². The van der Waals surface area contributed by atoms with Crippen LogP contribution in [-0.2, 0) is 13.0 Å². The summed E-state index contributed by atoms with van der Waals surface area (Å²) < 4.78 is 1.79. The summed E-state index contributed by atoms with van der Waals surface area (Å²) in [6.07, 6.45) is 5.60. The topological polar surface area (TPSA) is 68.8 Å². The Balaban J connectivity index is 0.00000208. The van der Waals surface area contributed by atoms with E-state index in [2.05, 4.69) is 21.5 Å². The zero-order valence-electron chi connectivity index (χ0n) is 13.4. The minimum atomic E-state index is 0. The van der Waals surface area contributed by atoms with Crippen LogP contribution in [0.4, 0.5) is 5.82 Å². The molecule has 0 spiro atoms. The maximum atomic E-state index is 6.06. The number of benzene rings is 1. The third-order valence-electron chi connectivity index (χ3n) is 3.63. The number of aromatic nitrogens is 3. The second-order valence-electron chi connectivity index (χ2n) is 5.45. The quantitative estimate of drug-likeness (QED) is 0.647. The number of nitrogen functional groups attached to an aromatic ring is 1. The molecule has 0 fully saturated rings. The highest BCUT2D eigenvalue weighted by molar-refractivity contribution is 5.85. The molecule has 0 saturated carbocycles. The Hall–Kier alpha value is -2.37. The first-order valence-electron chi connectivity index (χ1n) is 7.82. The molecule has 0 aliphatic carbocycles. The minimum Gasteiger partial charge on any atom is -0.384 e. The summed E-state index contributed by atoms with van der Waals surface area (Å²) in [5.41, 5.74) is 9.27. The summed E-state index contributed by atoms with van der Waals surface area (Å²) in [6, 6.07) is 15.9. The number of nitrogens with two attached hydrogens (primary N) is 1. The first-order chi connectivity index (χ1) is 11.3. The van der Waals surface area contributed by atoms with Crippen LogP contribution < -0.4 is 11.1 Å². The maximum absolute atomic E-state index is 6.06. The molecule has 6 heteroatoms. The molecular weight excluding hydrogens is 322 g/mol. The molecule has 0 atom stereocenters. The summed E-state index contributed by atoms with van der Waals surface area (Å²) in [4.78, 5) is 4.11. The van der Waals surface area contributed by atoms with Crippen molar-refractivity contribution in [1.82, 2.24) is 20.1 Å². The number of hydrogen-bond acceptors (Lipinski definition) is 4. The summed E-state index contributed by atoms with van der Waals surface area (Å²) in [6.45, 7) is 1.78. The lowest BCUT2D eigenvalue weighted by Crippen LogP contribution is -2.15. The smallest absolute Gasteiger partial charge is 0.127 e. The van der Waals surface area contributed by atoms with Crippen LogP contribution in [0.25, 0.3) is 5.69 Å². The molecule has 3 N–H and O–H groups in total. The van der Waals surface area contributed by atoms with Crippen molar-refractivity contribution in [2.24, 2.45) is 0 Å². The van der Waals surface area contributed by atoms with E-state index >= 15 is 0 Å². The molecule has 0 aliphatic heterocycles. The molecule has 2 aromatic heterocycles. The molecule has 0 aliphatic rings. The van der Waals surface area contributed by atoms with Gasteiger partial charge in [-0.2, -0.15) is 5.10 Å². The molecule has 0 saturated heterocycles. The van der Waals surface area contributed by atoms with Crippen molar-refractivity contribution in [3.63, 3.8) is 0 Å². The number of aryl methyl sites for hydroxylation is 1. The Morgan fingerprint density at radius 3 is 2.67 bits per heavy atom. The number of para-hydroxylation sites is 1. The molecule has 2 heterocycles. The van der Waals surface area contributed by atoms with Gasteiger partial charge in [0.05, 0.1) is 11.4 Å². The predicted octanol–water partition coefficient (Wildman–Crippen LogP) is 2.99. The monoisotopic (exact) mass is 343 g/mol. The highest BCUT2D eigenvalue weighted by Gasteiger charge is 2.06. The van der Waals surface area contributed by atoms with E-state index in [-0.39, 0.29) is 12.4 Å². The number of nitrogens with one attached hydrogen (secondary N) is 1. The molecule has 3 aromatic rings. The lowest BCUT2D eigenvalue weighted by Gasteiger charge is -2.04. The molecule has 0 bridgehead atoms. The van der Waals surface area contributed by atoms with Gasteiger partial charge in [-0.15, -0.1) is 12.4 Å². The minimum absolute atomic E-state index is 0. The average Bonchev–Trinajstić information content (AvgIpc) is 2.97. The third kappa shape index (κ3) is 4.81. The SMILES string of the molecule is Cl.Nc1cc(CCCNCc2cccnc2)nn1-c1ccccc1. The number of nitrogens with zero attached hydrogens (tertiary/aromatic N) is 3. The summed E-state index contributed by atoms with van der Waals surface area (Å²) in [5.74, 6) is 0.675. The van der Waals surface area contributed by atoms with Gasteiger partial charge in [0.1, 0.15) is 5.82 Å². The number of hydrogen-bond donors (Lipinski definition) is 2. The summed E-state index contributed by atoms with van der Waals surface area (Å²) in [7, 11) is 0. The van der Waals surface area contributed by atoms with Crippen molar-refractivity contribution in [3.05, 3.63) is 72.2 Å². The van der Waals surface area contributed by atoms with Gasteiger partial charge in [-0.1, -0.05) is 24.3 Å². The van der Waals surface area contributed by atoms with Crippen LogP contribution in [0.15, 0.2) is 60.9 Å². The molecule has 1 aromatic carbocycles. The van der Waals surface area contributed by atoms with E-state index < -0.39 is 0 Å². The van der Waals surface area contributed by atoms with Gasteiger partial charge in [0, 0.05) is 25.0 Å². The van der Waals surface area contributed by atoms with Crippen LogP contribution in [0, 0.1) is 0 Å². The highest BCUT2D eigenvalue weighted by atomic mass is 35.5. The van der Waals surface area contributed by atoms with E-state index in [1.54, 1.807) is 10.9 Å². The number of halogens is 1. The van der Waals surface area contributed by atoms with Gasteiger partial charge < -0.3 is 11.1 Å². The molecule has 0 amide bonds. The fraction of sp³-hybridized carbons (Fsp3) is 0.222. The second-order valence-corrected chi connectivity index (χ2v) is 5.45. The second kappa shape index (κ2) is 9.05. The fourth-order valence-electron chi connectivity index (χ4n) is 2.47. The van der Waals surface area contributed by atoms with Crippen LogP contribution in [0.5, 0.6) is 0 Å². The largest absolute Gasteiger partial charge is 0.384 e. The van der Waals surface area contributed by atoms with E-state index in [1.165, 1.54) is 5.56 Å². The fourth-order valence-corrected chi connectivity index (χ4v) is 2.47. The highest BCUT2D eigenvalue weighted by Crippen LogP contribution is 2.14. The van der Waals surface area contributed by atoms with E-state index in [4.69, 9.17) is 5.73 Å². The number of pyridine rings is 1. The maximum Gasteiger partial charge on any atom is 0.127 e. The van der Waals surface area contributed by atoms with E-state index in [0.29, 0.717) is 5.82 Å². The standard InChI is InChI=1S/C18H21N5.ClH/c19-18-12-16(22-23(18)17-8-2-1-3-9-17)7-5-11-21-14-15-6-4-10-20-13-15;/h1-4,6,8-10,12-13,21H,5,7,11,14,19H2;1H. The predicted molar refractivity (Wildman–Crippen MR) is 99.5 cm³/mol. The molecule has 0 radical (unpaired) electrons. The van der Waals surface area contributed by atoms with Crippen molar-refractivity contribution in [3.8, 4) is 5.69 Å². The van der Waals surface area contributed by atoms with Crippen LogP contribution in [0.3, 0.4) is 0 Å². The summed E-state index contributed by atoms with van der Waals surface area (Å²) >= 11 is 0. The van der Waals surface area contributed by atoms with Gasteiger partial charge in [-0.05, 0) is 43.1 Å². The van der Waals surface area contributed by atoms with Gasteiger partial charge in [-0.3, -0.25) is 4.98 Å². The molecule has 5 nitrogen and oxygen atoms in total. The van der Waals surface area contributed by atoms with Crippen molar-refractivity contribution >= 4 is 18.2 Å². The number of rotatable bonds is 7. The van der Waals surface area contributed by atoms with Crippen LogP contribution in [0.2, 0.25) is 0 Å². The van der Waals surface area contributed by atoms with Crippen LogP contribution in [0.1, 0.15) is 17.7 Å². The van der Waals surface area contributed by atoms with Crippen molar-refractivity contribution in [2.75, 3.05) is 12.3 Å². The molecule has 24 heavy (non-hydrogen) atoms. The zero-order chi connectivity index (χ0) is 15.9. The molecule has 126 valence electrons. The molecular formula is C18H22ClN5. The Morgan fingerprint density at radius 2 is 1.92 bits per heavy atom. The molecule has 0 unspecified atom stereocenters. The zero-order valence-corrected chi connectivity index (χ0v) is 14.2. The lowest BCUT2D eigenvalue weighted by molar-refractivity contribution is 0.641. The first-order valence-corrected chi connectivity index (χ1v) is 7.82.